The van der Waals surface area contributed by atoms with Gasteiger partial charge < -0.3 is 9.84 Å². The first kappa shape index (κ1) is 15.9. The standard InChI is InChI=1S/C18H19NO3S/c1-12(17-19-16(11-23-17)18(20)21)13-7-9-15(10-8-13)22-14-5-3-2-4-6-14/h2-10,12,16-17,19H,11H2,1H3,(H,20,21)/t12?,16-,17?/m0/s1. The lowest BCUT2D eigenvalue weighted by atomic mass is 10.0. The van der Waals surface area contributed by atoms with E-state index in [4.69, 9.17) is 9.84 Å². The number of hydrogen-bond donors (Lipinski definition) is 2. The summed E-state index contributed by atoms with van der Waals surface area (Å²) in [4.78, 5) is 11.0. The first-order chi connectivity index (χ1) is 11.1. The van der Waals surface area contributed by atoms with Gasteiger partial charge in [0.25, 0.3) is 0 Å². The van der Waals surface area contributed by atoms with E-state index in [9.17, 15) is 4.79 Å². The average molecular weight is 329 g/mol. The van der Waals surface area contributed by atoms with Gasteiger partial charge in [0.1, 0.15) is 17.5 Å². The van der Waals surface area contributed by atoms with Gasteiger partial charge in [0, 0.05) is 11.7 Å². The first-order valence-electron chi connectivity index (χ1n) is 7.57. The molecule has 2 aromatic carbocycles. The molecule has 1 aliphatic heterocycles. The summed E-state index contributed by atoms with van der Waals surface area (Å²) in [6.07, 6.45) is 0. The largest absolute Gasteiger partial charge is 0.480 e. The summed E-state index contributed by atoms with van der Waals surface area (Å²) in [7, 11) is 0. The number of thioether (sulfide) groups is 1. The van der Waals surface area contributed by atoms with Gasteiger partial charge in [0.2, 0.25) is 0 Å². The van der Waals surface area contributed by atoms with E-state index in [-0.39, 0.29) is 11.3 Å². The third-order valence-electron chi connectivity index (χ3n) is 3.94. The summed E-state index contributed by atoms with van der Waals surface area (Å²) < 4.78 is 5.79. The lowest BCUT2D eigenvalue weighted by Gasteiger charge is -2.20. The molecule has 120 valence electrons. The molecule has 1 fully saturated rings. The Hall–Kier alpha value is -1.98. The molecule has 5 heteroatoms. The van der Waals surface area contributed by atoms with Crippen LogP contribution in [0, 0.1) is 0 Å². The van der Waals surface area contributed by atoms with Gasteiger partial charge in [-0.1, -0.05) is 37.3 Å². The molecule has 0 spiro atoms. The van der Waals surface area contributed by atoms with E-state index in [1.165, 1.54) is 5.56 Å². The number of carboxylic acid groups (broad SMARTS) is 1. The number of ether oxygens (including phenoxy) is 1. The van der Waals surface area contributed by atoms with Crippen molar-refractivity contribution >= 4 is 17.7 Å². The topological polar surface area (TPSA) is 58.6 Å². The molecular weight excluding hydrogens is 310 g/mol. The molecule has 3 rings (SSSR count). The molecule has 2 unspecified atom stereocenters. The zero-order chi connectivity index (χ0) is 16.2. The second-order valence-electron chi connectivity index (χ2n) is 5.58. The fourth-order valence-corrected chi connectivity index (χ4v) is 3.91. The van der Waals surface area contributed by atoms with E-state index >= 15 is 0 Å². The number of rotatable bonds is 5. The molecule has 2 aromatic rings. The van der Waals surface area contributed by atoms with E-state index < -0.39 is 12.0 Å². The Labute approximate surface area is 139 Å². The van der Waals surface area contributed by atoms with E-state index in [1.54, 1.807) is 11.8 Å². The zero-order valence-corrected chi connectivity index (χ0v) is 13.6. The molecule has 0 bridgehead atoms. The van der Waals surface area contributed by atoms with Crippen LogP contribution in [0.4, 0.5) is 0 Å². The summed E-state index contributed by atoms with van der Waals surface area (Å²) in [6.45, 7) is 2.11. The average Bonchev–Trinajstić information content (AvgIpc) is 3.06. The van der Waals surface area contributed by atoms with Crippen LogP contribution >= 0.6 is 11.8 Å². The highest BCUT2D eigenvalue weighted by Crippen LogP contribution is 2.32. The fraction of sp³-hybridized carbons (Fsp3) is 0.278. The second-order valence-corrected chi connectivity index (χ2v) is 6.76. The van der Waals surface area contributed by atoms with Crippen LogP contribution in [0.1, 0.15) is 18.4 Å². The van der Waals surface area contributed by atoms with Gasteiger partial charge in [-0.2, -0.15) is 0 Å². The lowest BCUT2D eigenvalue weighted by molar-refractivity contribution is -0.138. The van der Waals surface area contributed by atoms with Crippen LogP contribution in [0.15, 0.2) is 54.6 Å². The molecule has 0 radical (unpaired) electrons. The molecule has 1 heterocycles. The maximum absolute atomic E-state index is 11.0. The molecule has 23 heavy (non-hydrogen) atoms. The smallest absolute Gasteiger partial charge is 0.321 e. The Balaban J connectivity index is 1.64. The van der Waals surface area contributed by atoms with Crippen molar-refractivity contribution in [2.45, 2.75) is 24.3 Å². The normalized spacial score (nSPS) is 21.8. The molecule has 1 saturated heterocycles. The van der Waals surface area contributed by atoms with Crippen molar-refractivity contribution in [2.24, 2.45) is 0 Å². The van der Waals surface area contributed by atoms with Crippen molar-refractivity contribution in [3.8, 4) is 11.5 Å². The number of carboxylic acids is 1. The van der Waals surface area contributed by atoms with Gasteiger partial charge in [-0.3, -0.25) is 10.1 Å². The molecule has 0 amide bonds. The van der Waals surface area contributed by atoms with Crippen molar-refractivity contribution in [2.75, 3.05) is 5.75 Å². The summed E-state index contributed by atoms with van der Waals surface area (Å²) in [5.41, 5.74) is 1.17. The molecule has 1 aliphatic rings. The van der Waals surface area contributed by atoms with Crippen LogP contribution in [-0.2, 0) is 4.79 Å². The Bertz CT molecular complexity index is 660. The van der Waals surface area contributed by atoms with Crippen LogP contribution in [-0.4, -0.2) is 28.2 Å². The molecule has 4 nitrogen and oxygen atoms in total. The summed E-state index contributed by atoms with van der Waals surface area (Å²) >= 11 is 1.67. The Kier molecular flexibility index (Phi) is 4.88. The molecule has 3 atom stereocenters. The second kappa shape index (κ2) is 7.06. The molecule has 2 N–H and O–H groups in total. The summed E-state index contributed by atoms with van der Waals surface area (Å²) in [6, 6.07) is 17.2. The predicted octanol–water partition coefficient (Wildman–Crippen LogP) is 3.70. The number of nitrogens with one attached hydrogen (secondary N) is 1. The minimum absolute atomic E-state index is 0.122. The van der Waals surface area contributed by atoms with Crippen molar-refractivity contribution in [3.05, 3.63) is 60.2 Å². The molecule has 0 aliphatic carbocycles. The number of carbonyl (C=O) groups is 1. The number of para-hydroxylation sites is 1. The maximum Gasteiger partial charge on any atom is 0.321 e. The van der Waals surface area contributed by atoms with Crippen molar-refractivity contribution < 1.29 is 14.6 Å². The Morgan fingerprint density at radius 3 is 2.43 bits per heavy atom. The highest BCUT2D eigenvalue weighted by Gasteiger charge is 2.32. The van der Waals surface area contributed by atoms with Crippen LogP contribution in [0.5, 0.6) is 11.5 Å². The van der Waals surface area contributed by atoms with Crippen molar-refractivity contribution in [1.29, 1.82) is 0 Å². The van der Waals surface area contributed by atoms with Crippen molar-refractivity contribution in [3.63, 3.8) is 0 Å². The van der Waals surface area contributed by atoms with Crippen molar-refractivity contribution in [1.82, 2.24) is 5.32 Å². The van der Waals surface area contributed by atoms with Crippen LogP contribution in [0.2, 0.25) is 0 Å². The van der Waals surface area contributed by atoms with Crippen LogP contribution in [0.25, 0.3) is 0 Å². The molecule has 0 saturated carbocycles. The van der Waals surface area contributed by atoms with Crippen LogP contribution in [0.3, 0.4) is 0 Å². The number of benzene rings is 2. The van der Waals surface area contributed by atoms with E-state index in [0.717, 1.165) is 11.5 Å². The van der Waals surface area contributed by atoms with Gasteiger partial charge >= 0.3 is 5.97 Å². The minimum atomic E-state index is -0.779. The Morgan fingerprint density at radius 2 is 1.83 bits per heavy atom. The monoisotopic (exact) mass is 329 g/mol. The van der Waals surface area contributed by atoms with Gasteiger partial charge in [0.05, 0.1) is 5.37 Å². The SMILES string of the molecule is CC(c1ccc(Oc2ccccc2)cc1)C1N[C@H](C(=O)O)CS1. The van der Waals surface area contributed by atoms with Gasteiger partial charge in [0.15, 0.2) is 0 Å². The molecule has 0 aromatic heterocycles. The van der Waals surface area contributed by atoms with E-state index in [0.29, 0.717) is 5.75 Å². The highest BCUT2D eigenvalue weighted by atomic mass is 32.2. The highest BCUT2D eigenvalue weighted by molar-refractivity contribution is 8.00. The van der Waals surface area contributed by atoms with E-state index in [2.05, 4.69) is 12.2 Å². The maximum atomic E-state index is 11.0. The molecular formula is C18H19NO3S. The van der Waals surface area contributed by atoms with Gasteiger partial charge in [-0.05, 0) is 29.8 Å². The lowest BCUT2D eigenvalue weighted by Crippen LogP contribution is -2.38. The quantitative estimate of drug-likeness (QED) is 0.876. The van der Waals surface area contributed by atoms with E-state index in [1.807, 2.05) is 54.6 Å². The van der Waals surface area contributed by atoms with Gasteiger partial charge in [-0.15, -0.1) is 11.8 Å². The Morgan fingerprint density at radius 1 is 1.17 bits per heavy atom. The zero-order valence-electron chi connectivity index (χ0n) is 12.8. The fourth-order valence-electron chi connectivity index (χ4n) is 2.56. The predicted molar refractivity (Wildman–Crippen MR) is 92.2 cm³/mol. The summed E-state index contributed by atoms with van der Waals surface area (Å²) in [5, 5.41) is 12.4. The van der Waals surface area contributed by atoms with Gasteiger partial charge in [-0.25, -0.2) is 0 Å². The van der Waals surface area contributed by atoms with Crippen LogP contribution < -0.4 is 10.1 Å². The minimum Gasteiger partial charge on any atom is -0.480 e. The third-order valence-corrected chi connectivity index (χ3v) is 5.37. The number of hydrogen-bond acceptors (Lipinski definition) is 4. The summed E-state index contributed by atoms with van der Waals surface area (Å²) in [5.74, 6) is 1.67. The third kappa shape index (κ3) is 3.86. The first-order valence-corrected chi connectivity index (χ1v) is 8.61. The number of aliphatic carboxylic acids is 1.